The van der Waals surface area contributed by atoms with E-state index in [2.05, 4.69) is 17.2 Å². The predicted octanol–water partition coefficient (Wildman–Crippen LogP) is 1.67. The summed E-state index contributed by atoms with van der Waals surface area (Å²) in [5.74, 6) is -0.274. The van der Waals surface area contributed by atoms with E-state index in [9.17, 15) is 4.79 Å². The van der Waals surface area contributed by atoms with Crippen molar-refractivity contribution in [3.05, 3.63) is 15.6 Å². The lowest BCUT2D eigenvalue weighted by Gasteiger charge is -2.18. The van der Waals surface area contributed by atoms with Gasteiger partial charge in [0.1, 0.15) is 0 Å². The number of aryl methyl sites for hydroxylation is 2. The molecule has 0 aliphatic rings. The Bertz CT molecular complexity index is 375. The second-order valence-electron chi connectivity index (χ2n) is 4.14. The number of aromatic nitrogens is 1. The Hall–Kier alpha value is -0.940. The van der Waals surface area contributed by atoms with Crippen LogP contribution in [0.15, 0.2) is 0 Å². The van der Waals surface area contributed by atoms with Gasteiger partial charge in [-0.15, -0.1) is 11.3 Å². The minimum atomic E-state index is -0.274. The number of primary amides is 1. The summed E-state index contributed by atoms with van der Waals surface area (Å²) in [6, 6.07) is 0.301. The van der Waals surface area contributed by atoms with Crippen LogP contribution in [0.3, 0.4) is 0 Å². The van der Waals surface area contributed by atoms with Crippen molar-refractivity contribution in [2.24, 2.45) is 5.73 Å². The Morgan fingerprint density at radius 2 is 2.12 bits per heavy atom. The Labute approximate surface area is 100 Å². The summed E-state index contributed by atoms with van der Waals surface area (Å²) in [6.07, 6.45) is 0.362. The van der Waals surface area contributed by atoms with Crippen molar-refractivity contribution < 1.29 is 4.79 Å². The third-order valence-corrected chi connectivity index (χ3v) is 3.63. The molecule has 0 bridgehead atoms. The minimum Gasteiger partial charge on any atom is -0.370 e. The molecule has 2 unspecified atom stereocenters. The largest absolute Gasteiger partial charge is 0.370 e. The number of nitrogens with zero attached hydrogens (tertiary/aromatic N) is 1. The molecule has 4 nitrogen and oxygen atoms in total. The van der Waals surface area contributed by atoms with Crippen LogP contribution in [0.5, 0.6) is 0 Å². The van der Waals surface area contributed by atoms with Crippen molar-refractivity contribution in [3.8, 4) is 0 Å². The molecule has 0 aliphatic carbocycles. The average molecular weight is 241 g/mol. The Morgan fingerprint density at radius 1 is 1.50 bits per heavy atom. The Kier molecular flexibility index (Phi) is 4.44. The van der Waals surface area contributed by atoms with E-state index >= 15 is 0 Å². The minimum absolute atomic E-state index is 0.0920. The molecule has 2 atom stereocenters. The second kappa shape index (κ2) is 5.41. The van der Waals surface area contributed by atoms with Gasteiger partial charge in [0.15, 0.2) is 0 Å². The van der Waals surface area contributed by atoms with Crippen LogP contribution in [-0.4, -0.2) is 16.9 Å². The lowest BCUT2D eigenvalue weighted by atomic mass is 10.1. The highest BCUT2D eigenvalue weighted by Crippen LogP contribution is 2.24. The predicted molar refractivity (Wildman–Crippen MR) is 66.4 cm³/mol. The summed E-state index contributed by atoms with van der Waals surface area (Å²) in [4.78, 5) is 16.4. The van der Waals surface area contributed by atoms with Gasteiger partial charge in [0, 0.05) is 23.4 Å². The molecule has 3 N–H and O–H groups in total. The van der Waals surface area contributed by atoms with E-state index in [1.165, 1.54) is 4.88 Å². The van der Waals surface area contributed by atoms with Gasteiger partial charge in [-0.25, -0.2) is 4.98 Å². The van der Waals surface area contributed by atoms with Gasteiger partial charge in [0.2, 0.25) is 5.91 Å². The van der Waals surface area contributed by atoms with E-state index < -0.39 is 0 Å². The fourth-order valence-electron chi connectivity index (χ4n) is 1.81. The number of amides is 1. The van der Waals surface area contributed by atoms with E-state index in [-0.39, 0.29) is 18.0 Å². The summed E-state index contributed by atoms with van der Waals surface area (Å²) >= 11 is 1.69. The Balaban J connectivity index is 2.61. The highest BCUT2D eigenvalue weighted by atomic mass is 32.1. The van der Waals surface area contributed by atoms with E-state index in [0.29, 0.717) is 6.42 Å². The molecule has 0 spiro atoms. The second-order valence-corrected chi connectivity index (χ2v) is 5.38. The number of hydrogen-bond acceptors (Lipinski definition) is 4. The molecule has 90 valence electrons. The van der Waals surface area contributed by atoms with Crippen LogP contribution in [0, 0.1) is 13.8 Å². The normalized spacial score (nSPS) is 14.8. The van der Waals surface area contributed by atoms with Crippen LogP contribution in [0.1, 0.15) is 41.9 Å². The lowest BCUT2D eigenvalue weighted by molar-refractivity contribution is -0.118. The van der Waals surface area contributed by atoms with E-state index in [1.807, 2.05) is 20.8 Å². The molecule has 16 heavy (non-hydrogen) atoms. The molecule has 1 rings (SSSR count). The molecule has 0 fully saturated rings. The van der Waals surface area contributed by atoms with Gasteiger partial charge in [-0.3, -0.25) is 4.79 Å². The molecule has 1 amide bonds. The maximum Gasteiger partial charge on any atom is 0.218 e. The van der Waals surface area contributed by atoms with Crippen LogP contribution in [0.2, 0.25) is 0 Å². The van der Waals surface area contributed by atoms with Gasteiger partial charge in [-0.05, 0) is 27.7 Å². The first-order valence-corrected chi connectivity index (χ1v) is 6.20. The van der Waals surface area contributed by atoms with E-state index in [1.54, 1.807) is 11.3 Å². The summed E-state index contributed by atoms with van der Waals surface area (Å²) < 4.78 is 0. The first-order valence-electron chi connectivity index (χ1n) is 5.38. The lowest BCUT2D eigenvalue weighted by Crippen LogP contribution is -2.32. The van der Waals surface area contributed by atoms with Gasteiger partial charge in [0.05, 0.1) is 10.7 Å². The number of rotatable bonds is 5. The van der Waals surface area contributed by atoms with Crippen LogP contribution in [0.4, 0.5) is 0 Å². The molecule has 1 aromatic heterocycles. The summed E-state index contributed by atoms with van der Waals surface area (Å²) in [7, 11) is 0. The molecule has 0 saturated carbocycles. The van der Waals surface area contributed by atoms with Gasteiger partial charge in [-0.1, -0.05) is 0 Å². The third-order valence-electron chi connectivity index (χ3n) is 2.37. The quantitative estimate of drug-likeness (QED) is 0.824. The zero-order valence-electron chi connectivity index (χ0n) is 10.2. The molecule has 0 saturated heterocycles. The number of carbonyl (C=O) groups is 1. The summed E-state index contributed by atoms with van der Waals surface area (Å²) in [5.41, 5.74) is 6.22. The zero-order chi connectivity index (χ0) is 12.3. The van der Waals surface area contributed by atoms with Crippen molar-refractivity contribution in [3.63, 3.8) is 0 Å². The molecule has 0 aromatic carbocycles. The molecular formula is C11H19N3OS. The number of thiazole rings is 1. The fourth-order valence-corrected chi connectivity index (χ4v) is 2.75. The van der Waals surface area contributed by atoms with Gasteiger partial charge < -0.3 is 11.1 Å². The van der Waals surface area contributed by atoms with Crippen LogP contribution in [-0.2, 0) is 4.79 Å². The number of nitrogens with one attached hydrogen (secondary N) is 1. The molecule has 0 aliphatic heterocycles. The molecule has 1 aromatic rings. The number of hydrogen-bond donors (Lipinski definition) is 2. The van der Waals surface area contributed by atoms with Crippen molar-refractivity contribution in [2.45, 2.75) is 46.2 Å². The van der Waals surface area contributed by atoms with Crippen LogP contribution < -0.4 is 11.1 Å². The van der Waals surface area contributed by atoms with Crippen molar-refractivity contribution in [1.82, 2.24) is 10.3 Å². The van der Waals surface area contributed by atoms with Gasteiger partial charge in [-0.2, -0.15) is 0 Å². The highest BCUT2D eigenvalue weighted by molar-refractivity contribution is 7.11. The topological polar surface area (TPSA) is 68.0 Å². The SMILES string of the molecule is Cc1nc(C)c(C(C)NC(C)CC(N)=O)s1. The zero-order valence-corrected chi connectivity index (χ0v) is 11.0. The number of nitrogens with two attached hydrogens (primary N) is 1. The molecule has 0 radical (unpaired) electrons. The van der Waals surface area contributed by atoms with Crippen LogP contribution in [0.25, 0.3) is 0 Å². The Morgan fingerprint density at radius 3 is 2.56 bits per heavy atom. The van der Waals surface area contributed by atoms with E-state index in [0.717, 1.165) is 10.7 Å². The van der Waals surface area contributed by atoms with Crippen molar-refractivity contribution in [2.75, 3.05) is 0 Å². The fraction of sp³-hybridized carbons (Fsp3) is 0.636. The summed E-state index contributed by atoms with van der Waals surface area (Å²) in [6.45, 7) is 8.05. The van der Waals surface area contributed by atoms with Crippen LogP contribution >= 0.6 is 11.3 Å². The average Bonchev–Trinajstić information content (AvgIpc) is 2.43. The molecule has 5 heteroatoms. The third kappa shape index (κ3) is 3.57. The van der Waals surface area contributed by atoms with Crippen molar-refractivity contribution in [1.29, 1.82) is 0 Å². The van der Waals surface area contributed by atoms with Gasteiger partial charge in [0.25, 0.3) is 0 Å². The smallest absolute Gasteiger partial charge is 0.218 e. The first-order chi connectivity index (χ1) is 7.40. The monoisotopic (exact) mass is 241 g/mol. The highest BCUT2D eigenvalue weighted by Gasteiger charge is 2.15. The number of carbonyl (C=O) groups excluding carboxylic acids is 1. The van der Waals surface area contributed by atoms with Gasteiger partial charge >= 0.3 is 0 Å². The summed E-state index contributed by atoms with van der Waals surface area (Å²) in [5, 5.41) is 4.42. The van der Waals surface area contributed by atoms with E-state index in [4.69, 9.17) is 5.73 Å². The van der Waals surface area contributed by atoms with Crippen molar-refractivity contribution >= 4 is 17.2 Å². The maximum atomic E-state index is 10.8. The standard InChI is InChI=1S/C11H19N3OS/c1-6(5-10(12)15)13-7(2)11-8(3)14-9(4)16-11/h6-7,13H,5H2,1-4H3,(H2,12,15). The maximum absolute atomic E-state index is 10.8. The first kappa shape index (κ1) is 13.1. The molecule has 1 heterocycles. The molecular weight excluding hydrogens is 222 g/mol.